The summed E-state index contributed by atoms with van der Waals surface area (Å²) in [6.45, 7) is 5.87. The summed E-state index contributed by atoms with van der Waals surface area (Å²) in [6.07, 6.45) is 10.8. The molecule has 0 aliphatic carbocycles. The lowest BCUT2D eigenvalue weighted by atomic mass is 10.1. The highest BCUT2D eigenvalue weighted by atomic mass is 16.1. The molecule has 0 aromatic carbocycles. The second-order valence-corrected chi connectivity index (χ2v) is 4.62. The van der Waals surface area contributed by atoms with E-state index in [1.807, 2.05) is 13.1 Å². The van der Waals surface area contributed by atoms with Gasteiger partial charge < -0.3 is 9.88 Å². The van der Waals surface area contributed by atoms with Gasteiger partial charge in [-0.15, -0.1) is 0 Å². The van der Waals surface area contributed by atoms with Crippen LogP contribution in [-0.4, -0.2) is 22.0 Å². The monoisotopic (exact) mass is 250 g/mol. The maximum absolute atomic E-state index is 11.3. The first-order valence-electron chi connectivity index (χ1n) is 6.90. The van der Waals surface area contributed by atoms with Crippen molar-refractivity contribution in [1.29, 1.82) is 0 Å². The molecule has 1 heterocycles. The van der Waals surface area contributed by atoms with Gasteiger partial charge in [-0.3, -0.25) is 4.79 Å². The van der Waals surface area contributed by atoms with E-state index in [2.05, 4.69) is 28.0 Å². The number of amides is 1. The maximum atomic E-state index is 11.3. The van der Waals surface area contributed by atoms with Gasteiger partial charge >= 0.3 is 0 Å². The van der Waals surface area contributed by atoms with E-state index in [1.165, 1.54) is 6.42 Å². The molecule has 0 unspecified atom stereocenters. The van der Waals surface area contributed by atoms with E-state index < -0.39 is 0 Å². The second-order valence-electron chi connectivity index (χ2n) is 4.62. The van der Waals surface area contributed by atoms with Gasteiger partial charge in [-0.2, -0.15) is 0 Å². The fourth-order valence-corrected chi connectivity index (χ4v) is 1.85. The third-order valence-electron chi connectivity index (χ3n) is 2.98. The molecule has 0 fully saturated rings. The maximum Gasteiger partial charge on any atom is 0.219 e. The average Bonchev–Trinajstić information content (AvgIpc) is 2.77. The molecule has 1 N–H and O–H groups in total. The van der Waals surface area contributed by atoms with E-state index in [1.54, 1.807) is 0 Å². The first-order valence-corrected chi connectivity index (χ1v) is 6.90. The van der Waals surface area contributed by atoms with Crippen molar-refractivity contribution in [3.05, 3.63) is 18.2 Å². The Morgan fingerprint density at radius 2 is 2.17 bits per heavy atom. The van der Waals surface area contributed by atoms with E-state index in [4.69, 9.17) is 0 Å². The number of carbonyl (C=O) groups excluding carboxylic acids is 1. The Bertz CT molecular complexity index is 347. The molecule has 0 bridgehead atoms. The minimum absolute atomic E-state index is 0.192. The van der Waals surface area contributed by atoms with Crippen LogP contribution in [0.2, 0.25) is 0 Å². The first kappa shape index (κ1) is 14.7. The van der Waals surface area contributed by atoms with Crippen molar-refractivity contribution in [1.82, 2.24) is 14.9 Å². The van der Waals surface area contributed by atoms with E-state index in [0.717, 1.165) is 44.6 Å². The molecule has 4 nitrogen and oxygen atoms in total. The van der Waals surface area contributed by atoms with Gasteiger partial charge in [-0.1, -0.05) is 19.8 Å². The molecular formula is C14H24N3O. The lowest BCUT2D eigenvalue weighted by molar-refractivity contribution is -0.121. The van der Waals surface area contributed by atoms with Crippen LogP contribution in [-0.2, 0) is 11.3 Å². The van der Waals surface area contributed by atoms with Gasteiger partial charge in [-0.25, -0.2) is 4.98 Å². The smallest absolute Gasteiger partial charge is 0.219 e. The van der Waals surface area contributed by atoms with Crippen molar-refractivity contribution in [2.75, 3.05) is 6.54 Å². The van der Waals surface area contributed by atoms with Gasteiger partial charge in [0.15, 0.2) is 0 Å². The van der Waals surface area contributed by atoms with Gasteiger partial charge in [0.1, 0.15) is 12.0 Å². The molecule has 101 valence electrons. The standard InChI is InChI=1S/C14H24N3O/c1-3-9-16-14(18)8-6-4-5-7-11-17-12-10-15-13(17)2/h12H,3-9,11H2,1-2H3,(H,16,18). The Hall–Kier alpha value is -1.32. The van der Waals surface area contributed by atoms with Crippen LogP contribution < -0.4 is 5.32 Å². The zero-order valence-electron chi connectivity index (χ0n) is 11.5. The summed E-state index contributed by atoms with van der Waals surface area (Å²) in [7, 11) is 0. The second kappa shape index (κ2) is 8.72. The number of aromatic nitrogens is 2. The minimum atomic E-state index is 0.192. The number of rotatable bonds is 9. The molecular weight excluding hydrogens is 226 g/mol. The fourth-order valence-electron chi connectivity index (χ4n) is 1.85. The average molecular weight is 250 g/mol. The van der Waals surface area contributed by atoms with E-state index in [0.29, 0.717) is 6.42 Å². The molecule has 0 saturated carbocycles. The number of carbonyl (C=O) groups is 1. The molecule has 1 aromatic heterocycles. The zero-order chi connectivity index (χ0) is 13.2. The fraction of sp³-hybridized carbons (Fsp3) is 0.714. The van der Waals surface area contributed by atoms with Crippen LogP contribution in [0.1, 0.15) is 51.3 Å². The Kier molecular flexibility index (Phi) is 7.14. The summed E-state index contributed by atoms with van der Waals surface area (Å²) < 4.78 is 2.12. The minimum Gasteiger partial charge on any atom is -0.356 e. The van der Waals surface area contributed by atoms with E-state index >= 15 is 0 Å². The summed E-state index contributed by atoms with van der Waals surface area (Å²) in [5.41, 5.74) is 0. The number of nitrogens with zero attached hydrogens (tertiary/aromatic N) is 2. The molecule has 1 amide bonds. The zero-order valence-corrected chi connectivity index (χ0v) is 11.5. The molecule has 1 rings (SSSR count). The van der Waals surface area contributed by atoms with Gasteiger partial charge in [0.05, 0.1) is 0 Å². The predicted molar refractivity (Wildman–Crippen MR) is 72.2 cm³/mol. The molecule has 1 radical (unpaired) electrons. The number of hydrogen-bond acceptors (Lipinski definition) is 2. The molecule has 0 aliphatic heterocycles. The highest BCUT2D eigenvalue weighted by Crippen LogP contribution is 2.06. The summed E-state index contributed by atoms with van der Waals surface area (Å²) in [5.74, 6) is 1.21. The largest absolute Gasteiger partial charge is 0.356 e. The van der Waals surface area contributed by atoms with Crippen LogP contribution in [0.15, 0.2) is 6.20 Å². The third-order valence-corrected chi connectivity index (χ3v) is 2.98. The Morgan fingerprint density at radius 1 is 1.39 bits per heavy atom. The van der Waals surface area contributed by atoms with Crippen LogP contribution in [0.4, 0.5) is 0 Å². The van der Waals surface area contributed by atoms with Crippen LogP contribution in [0, 0.1) is 13.1 Å². The number of nitrogens with one attached hydrogen (secondary N) is 1. The molecule has 18 heavy (non-hydrogen) atoms. The van der Waals surface area contributed by atoms with Gasteiger partial charge in [0, 0.05) is 25.7 Å². The highest BCUT2D eigenvalue weighted by Gasteiger charge is 2.00. The summed E-state index contributed by atoms with van der Waals surface area (Å²) in [4.78, 5) is 15.4. The molecule has 1 aromatic rings. The summed E-state index contributed by atoms with van der Waals surface area (Å²) >= 11 is 0. The van der Waals surface area contributed by atoms with Crippen molar-refractivity contribution >= 4 is 5.91 Å². The third kappa shape index (κ3) is 5.84. The van der Waals surface area contributed by atoms with Gasteiger partial charge in [0.25, 0.3) is 0 Å². The quantitative estimate of drug-likeness (QED) is 0.684. The molecule has 4 heteroatoms. The topological polar surface area (TPSA) is 46.9 Å². The van der Waals surface area contributed by atoms with Crippen molar-refractivity contribution < 1.29 is 4.79 Å². The van der Waals surface area contributed by atoms with E-state index in [9.17, 15) is 4.79 Å². The number of unbranched alkanes of at least 4 members (excludes halogenated alkanes) is 3. The first-order chi connectivity index (χ1) is 8.74. The van der Waals surface area contributed by atoms with Crippen molar-refractivity contribution in [3.63, 3.8) is 0 Å². The Balaban J connectivity index is 1.96. The van der Waals surface area contributed by atoms with Crippen LogP contribution in [0.25, 0.3) is 0 Å². The SMILES string of the molecule is CCCNC(=O)CCCCCCn1c[c]nc1C. The van der Waals surface area contributed by atoms with Crippen molar-refractivity contribution in [2.45, 2.75) is 58.9 Å². The lowest BCUT2D eigenvalue weighted by Crippen LogP contribution is -2.23. The number of imidazole rings is 1. The van der Waals surface area contributed by atoms with Gasteiger partial charge in [0.2, 0.25) is 5.91 Å². The predicted octanol–water partition coefficient (Wildman–Crippen LogP) is 2.47. The summed E-state index contributed by atoms with van der Waals surface area (Å²) in [6, 6.07) is 0. The van der Waals surface area contributed by atoms with Crippen molar-refractivity contribution in [2.24, 2.45) is 0 Å². The molecule has 0 saturated heterocycles. The van der Waals surface area contributed by atoms with Gasteiger partial charge in [-0.05, 0) is 26.2 Å². The Labute approximate surface area is 110 Å². The van der Waals surface area contributed by atoms with Crippen LogP contribution in [0.5, 0.6) is 0 Å². The molecule has 0 spiro atoms. The normalized spacial score (nSPS) is 10.6. The molecule has 0 atom stereocenters. The summed E-state index contributed by atoms with van der Waals surface area (Å²) in [5, 5.41) is 2.90. The van der Waals surface area contributed by atoms with Crippen LogP contribution >= 0.6 is 0 Å². The number of aryl methyl sites for hydroxylation is 2. The highest BCUT2D eigenvalue weighted by molar-refractivity contribution is 5.75. The van der Waals surface area contributed by atoms with Crippen molar-refractivity contribution in [3.8, 4) is 0 Å². The van der Waals surface area contributed by atoms with E-state index in [-0.39, 0.29) is 5.91 Å². The Morgan fingerprint density at radius 3 is 2.83 bits per heavy atom. The number of hydrogen-bond donors (Lipinski definition) is 1. The van der Waals surface area contributed by atoms with Crippen LogP contribution in [0.3, 0.4) is 0 Å². The molecule has 0 aliphatic rings. The lowest BCUT2D eigenvalue weighted by Gasteiger charge is -2.05.